The van der Waals surface area contributed by atoms with Gasteiger partial charge in [-0.1, -0.05) is 6.07 Å². The summed E-state index contributed by atoms with van der Waals surface area (Å²) in [7, 11) is 0. The summed E-state index contributed by atoms with van der Waals surface area (Å²) in [5.41, 5.74) is 1.63. The van der Waals surface area contributed by atoms with Crippen molar-refractivity contribution in [2.45, 2.75) is 26.9 Å². The predicted octanol–water partition coefficient (Wildman–Crippen LogP) is 2.44. The van der Waals surface area contributed by atoms with Gasteiger partial charge in [0.1, 0.15) is 5.56 Å². The Morgan fingerprint density at radius 1 is 1.33 bits per heavy atom. The Kier molecular flexibility index (Phi) is 4.07. The highest BCUT2D eigenvalue weighted by Crippen LogP contribution is 2.16. The lowest BCUT2D eigenvalue weighted by Gasteiger charge is -2.10. The number of rotatable bonds is 4. The monoisotopic (exact) mass is 288 g/mol. The van der Waals surface area contributed by atoms with Crippen LogP contribution in [0.25, 0.3) is 5.69 Å². The summed E-state index contributed by atoms with van der Waals surface area (Å²) >= 11 is 0. The average Bonchev–Trinajstić information content (AvgIpc) is 2.80. The van der Waals surface area contributed by atoms with E-state index in [1.54, 1.807) is 45.0 Å². The van der Waals surface area contributed by atoms with E-state index in [4.69, 9.17) is 9.84 Å². The van der Waals surface area contributed by atoms with Gasteiger partial charge in [-0.3, -0.25) is 0 Å². The van der Waals surface area contributed by atoms with E-state index in [1.165, 1.54) is 10.9 Å². The molecule has 21 heavy (non-hydrogen) atoms. The highest BCUT2D eigenvalue weighted by molar-refractivity contribution is 5.90. The second-order valence-corrected chi connectivity index (χ2v) is 4.87. The fourth-order valence-corrected chi connectivity index (χ4v) is 1.93. The van der Waals surface area contributed by atoms with Crippen LogP contribution in [0.3, 0.4) is 0 Å². The molecule has 0 aliphatic carbocycles. The van der Waals surface area contributed by atoms with Crippen molar-refractivity contribution >= 4 is 11.9 Å². The molecule has 1 N–H and O–H groups in total. The molecule has 2 rings (SSSR count). The number of esters is 1. The van der Waals surface area contributed by atoms with E-state index in [2.05, 4.69) is 5.10 Å². The Morgan fingerprint density at radius 3 is 2.62 bits per heavy atom. The second kappa shape index (κ2) is 5.78. The first kappa shape index (κ1) is 14.8. The number of carboxylic acids is 1. The molecule has 1 aromatic carbocycles. The summed E-state index contributed by atoms with van der Waals surface area (Å²) in [5, 5.41) is 13.1. The van der Waals surface area contributed by atoms with Crippen molar-refractivity contribution in [1.29, 1.82) is 0 Å². The fraction of sp³-hybridized carbons (Fsp3) is 0.267. The smallest absolute Gasteiger partial charge is 0.339 e. The molecule has 6 heteroatoms. The van der Waals surface area contributed by atoms with Gasteiger partial charge >= 0.3 is 11.9 Å². The normalized spacial score (nSPS) is 10.7. The van der Waals surface area contributed by atoms with Crippen molar-refractivity contribution in [2.24, 2.45) is 0 Å². The molecule has 0 saturated heterocycles. The van der Waals surface area contributed by atoms with Gasteiger partial charge in [-0.25, -0.2) is 14.3 Å². The third-order valence-electron chi connectivity index (χ3n) is 2.91. The molecule has 1 aromatic heterocycles. The van der Waals surface area contributed by atoms with E-state index >= 15 is 0 Å². The molecular weight excluding hydrogens is 272 g/mol. The van der Waals surface area contributed by atoms with Crippen molar-refractivity contribution in [2.75, 3.05) is 0 Å². The number of hydrogen-bond acceptors (Lipinski definition) is 4. The lowest BCUT2D eigenvalue weighted by Crippen LogP contribution is -2.12. The molecule has 0 aliphatic heterocycles. The van der Waals surface area contributed by atoms with Crippen molar-refractivity contribution in [1.82, 2.24) is 9.78 Å². The van der Waals surface area contributed by atoms with E-state index in [1.807, 2.05) is 0 Å². The van der Waals surface area contributed by atoms with Gasteiger partial charge in [-0.15, -0.1) is 0 Å². The maximum Gasteiger partial charge on any atom is 0.339 e. The largest absolute Gasteiger partial charge is 0.478 e. The van der Waals surface area contributed by atoms with Crippen LogP contribution < -0.4 is 0 Å². The Balaban J connectivity index is 2.38. The van der Waals surface area contributed by atoms with Crippen molar-refractivity contribution in [3.8, 4) is 5.69 Å². The molecule has 0 radical (unpaired) electrons. The molecule has 0 aliphatic rings. The van der Waals surface area contributed by atoms with Crippen LogP contribution in [0.15, 0.2) is 30.5 Å². The molecule has 0 amide bonds. The molecule has 6 nitrogen and oxygen atoms in total. The van der Waals surface area contributed by atoms with E-state index < -0.39 is 11.9 Å². The Bertz CT molecular complexity index is 689. The van der Waals surface area contributed by atoms with Crippen molar-refractivity contribution in [3.05, 3.63) is 47.3 Å². The van der Waals surface area contributed by atoms with Gasteiger partial charge in [0.25, 0.3) is 0 Å². The Labute approximate surface area is 122 Å². The molecule has 0 saturated carbocycles. The van der Waals surface area contributed by atoms with E-state index in [-0.39, 0.29) is 11.7 Å². The van der Waals surface area contributed by atoms with Crippen LogP contribution in [-0.2, 0) is 4.74 Å². The number of carbonyl (C=O) groups is 2. The molecule has 1 heterocycles. The minimum absolute atomic E-state index is 0.130. The number of carboxylic acid groups (broad SMARTS) is 1. The highest BCUT2D eigenvalue weighted by atomic mass is 16.5. The van der Waals surface area contributed by atoms with Gasteiger partial charge in [0.2, 0.25) is 0 Å². The zero-order valence-corrected chi connectivity index (χ0v) is 12.0. The lowest BCUT2D eigenvalue weighted by molar-refractivity contribution is 0.0377. The standard InChI is InChI=1S/C15H16N2O4/c1-9(2)21-15(20)11-5-4-6-12(7-11)17-10(3)13(8-16-17)14(18)19/h4-9H,1-3H3,(H,18,19). The molecule has 0 bridgehead atoms. The molecule has 2 aromatic rings. The number of ether oxygens (including phenoxy) is 1. The van der Waals surface area contributed by atoms with Gasteiger partial charge < -0.3 is 9.84 Å². The summed E-state index contributed by atoms with van der Waals surface area (Å²) in [4.78, 5) is 22.9. The van der Waals surface area contributed by atoms with Crippen molar-refractivity contribution < 1.29 is 19.4 Å². The van der Waals surface area contributed by atoms with E-state index in [0.717, 1.165) is 0 Å². The summed E-state index contributed by atoms with van der Waals surface area (Å²) < 4.78 is 6.62. The molecule has 0 unspecified atom stereocenters. The van der Waals surface area contributed by atoms with Gasteiger partial charge in [0.15, 0.2) is 0 Å². The van der Waals surface area contributed by atoms with Gasteiger partial charge in [0.05, 0.1) is 29.2 Å². The molecule has 110 valence electrons. The average molecular weight is 288 g/mol. The summed E-state index contributed by atoms with van der Waals surface area (Å²) in [6, 6.07) is 6.72. The first-order chi connectivity index (χ1) is 9.90. The Hall–Kier alpha value is -2.63. The first-order valence-corrected chi connectivity index (χ1v) is 6.49. The van der Waals surface area contributed by atoms with E-state index in [9.17, 15) is 9.59 Å². The number of aromatic carboxylic acids is 1. The third-order valence-corrected chi connectivity index (χ3v) is 2.91. The number of carbonyl (C=O) groups excluding carboxylic acids is 1. The minimum atomic E-state index is -1.03. The maximum atomic E-state index is 11.9. The number of aromatic nitrogens is 2. The maximum absolute atomic E-state index is 11.9. The number of nitrogens with zero attached hydrogens (tertiary/aromatic N) is 2. The fourth-order valence-electron chi connectivity index (χ4n) is 1.93. The van der Waals surface area contributed by atoms with Gasteiger partial charge in [-0.05, 0) is 39.0 Å². The number of hydrogen-bond donors (Lipinski definition) is 1. The van der Waals surface area contributed by atoms with Crippen LogP contribution in [0.1, 0.15) is 40.3 Å². The van der Waals surface area contributed by atoms with Gasteiger partial charge in [0, 0.05) is 0 Å². The van der Waals surface area contributed by atoms with Crippen LogP contribution >= 0.6 is 0 Å². The SMILES string of the molecule is Cc1c(C(=O)O)cnn1-c1cccc(C(=O)OC(C)C)c1. The van der Waals surface area contributed by atoms with Gasteiger partial charge in [-0.2, -0.15) is 5.10 Å². The zero-order valence-electron chi connectivity index (χ0n) is 12.0. The quantitative estimate of drug-likeness (QED) is 0.874. The zero-order chi connectivity index (χ0) is 15.6. The van der Waals surface area contributed by atoms with E-state index in [0.29, 0.717) is 16.9 Å². The lowest BCUT2D eigenvalue weighted by atomic mass is 10.2. The van der Waals surface area contributed by atoms with Crippen LogP contribution in [0.5, 0.6) is 0 Å². The molecular formula is C15H16N2O4. The first-order valence-electron chi connectivity index (χ1n) is 6.49. The molecule has 0 atom stereocenters. The number of benzene rings is 1. The minimum Gasteiger partial charge on any atom is -0.478 e. The van der Waals surface area contributed by atoms with Crippen LogP contribution in [-0.4, -0.2) is 32.9 Å². The topological polar surface area (TPSA) is 81.4 Å². The van der Waals surface area contributed by atoms with Crippen LogP contribution in [0.4, 0.5) is 0 Å². The summed E-state index contributed by atoms with van der Waals surface area (Å²) in [6.45, 7) is 5.21. The third kappa shape index (κ3) is 3.10. The molecule has 0 spiro atoms. The summed E-state index contributed by atoms with van der Waals surface area (Å²) in [5.74, 6) is -1.45. The van der Waals surface area contributed by atoms with Crippen molar-refractivity contribution in [3.63, 3.8) is 0 Å². The second-order valence-electron chi connectivity index (χ2n) is 4.87. The van der Waals surface area contributed by atoms with Crippen LogP contribution in [0, 0.1) is 6.92 Å². The summed E-state index contributed by atoms with van der Waals surface area (Å²) in [6.07, 6.45) is 1.09. The molecule has 0 fully saturated rings. The van der Waals surface area contributed by atoms with Crippen LogP contribution in [0.2, 0.25) is 0 Å². The highest BCUT2D eigenvalue weighted by Gasteiger charge is 2.15. The predicted molar refractivity (Wildman–Crippen MR) is 75.8 cm³/mol. The Morgan fingerprint density at radius 2 is 2.05 bits per heavy atom.